The average Bonchev–Trinajstić information content (AvgIpc) is 3.46. The lowest BCUT2D eigenvalue weighted by atomic mass is 10.0. The number of carbonyl (C=O) groups excluding carboxylic acids is 4. The summed E-state index contributed by atoms with van der Waals surface area (Å²) in [4.78, 5) is 53.9. The molecule has 3 N–H and O–H groups in total. The van der Waals surface area contributed by atoms with Gasteiger partial charge in [0.25, 0.3) is 5.91 Å². The van der Waals surface area contributed by atoms with E-state index >= 15 is 0 Å². The summed E-state index contributed by atoms with van der Waals surface area (Å²) in [6.45, 7) is 1.67. The van der Waals surface area contributed by atoms with Crippen LogP contribution in [0.5, 0.6) is 0 Å². The molecule has 0 spiro atoms. The van der Waals surface area contributed by atoms with Crippen LogP contribution in [-0.4, -0.2) is 52.3 Å². The van der Waals surface area contributed by atoms with Crippen molar-refractivity contribution in [3.63, 3.8) is 0 Å². The van der Waals surface area contributed by atoms with Crippen molar-refractivity contribution in [3.8, 4) is 11.3 Å². The number of amides is 3. The second-order valence-corrected chi connectivity index (χ2v) is 9.56. The molecule has 3 amide bonds. The van der Waals surface area contributed by atoms with E-state index < -0.39 is 35.4 Å². The zero-order valence-electron chi connectivity index (χ0n) is 23.8. The molecule has 12 heteroatoms. The van der Waals surface area contributed by atoms with Crippen molar-refractivity contribution < 1.29 is 37.1 Å². The lowest BCUT2D eigenvalue weighted by molar-refractivity contribution is -0.140. The predicted molar refractivity (Wildman–Crippen MR) is 153 cm³/mol. The van der Waals surface area contributed by atoms with Gasteiger partial charge >= 0.3 is 12.1 Å². The Morgan fingerprint density at radius 1 is 0.930 bits per heavy atom. The van der Waals surface area contributed by atoms with Crippen LogP contribution >= 0.6 is 0 Å². The Morgan fingerprint density at radius 3 is 2.26 bits per heavy atom. The fourth-order valence-corrected chi connectivity index (χ4v) is 4.43. The van der Waals surface area contributed by atoms with Gasteiger partial charge in [-0.1, -0.05) is 48.5 Å². The van der Waals surface area contributed by atoms with Crippen LogP contribution in [0.1, 0.15) is 54.2 Å². The number of rotatable bonds is 12. The molecule has 2 aromatic carbocycles. The number of alkyl halides is 3. The van der Waals surface area contributed by atoms with Gasteiger partial charge in [0.15, 0.2) is 0 Å². The molecule has 228 valence electrons. The number of hydrogen-bond donors (Lipinski definition) is 2. The van der Waals surface area contributed by atoms with Gasteiger partial charge in [-0.15, -0.1) is 0 Å². The van der Waals surface area contributed by atoms with Gasteiger partial charge < -0.3 is 15.5 Å². The van der Waals surface area contributed by atoms with E-state index in [9.17, 15) is 32.3 Å². The van der Waals surface area contributed by atoms with Crippen LogP contribution in [0, 0.1) is 0 Å². The maximum atomic E-state index is 13.7. The Morgan fingerprint density at radius 2 is 1.60 bits per heavy atom. The van der Waals surface area contributed by atoms with Crippen molar-refractivity contribution in [2.45, 2.75) is 45.2 Å². The van der Waals surface area contributed by atoms with Crippen LogP contribution in [0.25, 0.3) is 11.3 Å². The number of hydrazine groups is 1. The summed E-state index contributed by atoms with van der Waals surface area (Å²) in [6, 6.07) is 16.8. The molecule has 0 unspecified atom stereocenters. The topological polar surface area (TPSA) is 126 Å². The zero-order chi connectivity index (χ0) is 31.6. The number of hydrogen-bond acceptors (Lipinski definition) is 5. The SMILES string of the molecule is CCOC(=O)C=C(CCCC(N)=O)N(C(=O)CCc1ccccc1)N(C)C(=O)c1ccc(-c2ccccc2C(F)(F)F)[nH]1. The molecular formula is C31H33F3N4O5. The molecule has 3 aromatic rings. The molecule has 9 nitrogen and oxygen atoms in total. The summed E-state index contributed by atoms with van der Waals surface area (Å²) >= 11 is 0. The van der Waals surface area contributed by atoms with Gasteiger partial charge in [0.1, 0.15) is 5.69 Å². The van der Waals surface area contributed by atoms with Crippen LogP contribution in [-0.2, 0) is 31.7 Å². The quantitative estimate of drug-likeness (QED) is 0.167. The fraction of sp³-hybridized carbons (Fsp3) is 0.290. The highest BCUT2D eigenvalue weighted by molar-refractivity contribution is 5.95. The number of aromatic amines is 1. The Kier molecular flexibility index (Phi) is 11.3. The predicted octanol–water partition coefficient (Wildman–Crippen LogP) is 5.25. The van der Waals surface area contributed by atoms with E-state index in [1.165, 1.54) is 37.4 Å². The van der Waals surface area contributed by atoms with Crippen molar-refractivity contribution >= 4 is 23.7 Å². The maximum absolute atomic E-state index is 13.7. The smallest absolute Gasteiger partial charge is 0.417 e. The van der Waals surface area contributed by atoms with E-state index in [1.54, 1.807) is 6.92 Å². The van der Waals surface area contributed by atoms with Gasteiger partial charge in [-0.05, 0) is 49.9 Å². The normalized spacial score (nSPS) is 11.6. The molecule has 0 aliphatic carbocycles. The van der Waals surface area contributed by atoms with Gasteiger partial charge in [0.05, 0.1) is 17.9 Å². The third-order valence-electron chi connectivity index (χ3n) is 6.44. The number of H-pyrrole nitrogens is 1. The number of ether oxygens (including phenoxy) is 1. The first-order valence-corrected chi connectivity index (χ1v) is 13.6. The Labute approximate surface area is 247 Å². The Hall–Kier alpha value is -4.87. The van der Waals surface area contributed by atoms with Crippen molar-refractivity contribution in [1.82, 2.24) is 15.0 Å². The first-order chi connectivity index (χ1) is 20.4. The van der Waals surface area contributed by atoms with Crippen molar-refractivity contribution in [1.29, 1.82) is 0 Å². The van der Waals surface area contributed by atoms with E-state index in [0.29, 0.717) is 6.42 Å². The van der Waals surface area contributed by atoms with Gasteiger partial charge in [-0.3, -0.25) is 14.4 Å². The monoisotopic (exact) mass is 598 g/mol. The van der Waals surface area contributed by atoms with E-state index in [4.69, 9.17) is 10.5 Å². The lowest BCUT2D eigenvalue weighted by Gasteiger charge is -2.33. The largest absolute Gasteiger partial charge is 0.463 e. The molecule has 0 atom stereocenters. The number of primary amides is 1. The van der Waals surface area contributed by atoms with Gasteiger partial charge in [-0.2, -0.15) is 13.2 Å². The van der Waals surface area contributed by atoms with Crippen LogP contribution in [0.4, 0.5) is 13.2 Å². The van der Waals surface area contributed by atoms with Crippen LogP contribution < -0.4 is 5.73 Å². The minimum absolute atomic E-state index is 0.0192. The standard InChI is InChI=1S/C31H33F3N4O5/c1-3-43-29(41)20-22(12-9-15-27(35)39)38(28(40)19-16-21-10-5-4-6-11-21)37(2)30(42)26-18-17-25(36-26)23-13-7-8-14-24(23)31(32,33)34/h4-8,10-11,13-14,17-18,20,36H,3,9,12,15-16,19H2,1-2H3,(H2,35,39). The van der Waals surface area contributed by atoms with Gasteiger partial charge in [0, 0.05) is 37.2 Å². The van der Waals surface area contributed by atoms with Crippen molar-refractivity contribution in [2.75, 3.05) is 13.7 Å². The molecule has 1 aromatic heterocycles. The van der Waals surface area contributed by atoms with Crippen molar-refractivity contribution in [2.24, 2.45) is 5.73 Å². The molecule has 0 radical (unpaired) electrons. The third kappa shape index (κ3) is 9.06. The number of allylic oxidation sites excluding steroid dienone is 1. The molecule has 0 fully saturated rings. The Balaban J connectivity index is 1.98. The minimum atomic E-state index is -4.62. The first kappa shape index (κ1) is 32.6. The van der Waals surface area contributed by atoms with Gasteiger partial charge in [0.2, 0.25) is 11.8 Å². The summed E-state index contributed by atoms with van der Waals surface area (Å²) in [5, 5.41) is 2.02. The van der Waals surface area contributed by atoms with Crippen LogP contribution in [0.2, 0.25) is 0 Å². The second kappa shape index (κ2) is 14.9. The van der Waals surface area contributed by atoms with E-state index in [0.717, 1.165) is 27.7 Å². The highest BCUT2D eigenvalue weighted by Gasteiger charge is 2.34. The van der Waals surface area contributed by atoms with E-state index in [-0.39, 0.29) is 54.9 Å². The fourth-order valence-electron chi connectivity index (χ4n) is 4.43. The summed E-state index contributed by atoms with van der Waals surface area (Å²) in [7, 11) is 1.31. The summed E-state index contributed by atoms with van der Waals surface area (Å²) < 4.78 is 45.9. The number of benzene rings is 2. The van der Waals surface area contributed by atoms with Gasteiger partial charge in [-0.25, -0.2) is 14.8 Å². The van der Waals surface area contributed by atoms with Crippen molar-refractivity contribution in [3.05, 3.63) is 95.3 Å². The lowest BCUT2D eigenvalue weighted by Crippen LogP contribution is -2.47. The molecular weight excluding hydrogens is 565 g/mol. The summed E-state index contributed by atoms with van der Waals surface area (Å²) in [5.74, 6) is -2.64. The third-order valence-corrected chi connectivity index (χ3v) is 6.44. The summed E-state index contributed by atoms with van der Waals surface area (Å²) in [5.41, 5.74) is 5.16. The number of halogens is 3. The molecule has 3 rings (SSSR count). The molecule has 0 saturated heterocycles. The summed E-state index contributed by atoms with van der Waals surface area (Å²) in [6.07, 6.45) is -3.11. The highest BCUT2D eigenvalue weighted by Crippen LogP contribution is 2.36. The molecule has 1 heterocycles. The molecule has 0 bridgehead atoms. The minimum Gasteiger partial charge on any atom is -0.463 e. The molecule has 43 heavy (non-hydrogen) atoms. The number of nitrogens with zero attached hydrogens (tertiary/aromatic N) is 2. The number of aryl methyl sites for hydroxylation is 1. The highest BCUT2D eigenvalue weighted by atomic mass is 19.4. The van der Waals surface area contributed by atoms with Crippen LogP contribution in [0.15, 0.2) is 78.5 Å². The number of nitrogens with two attached hydrogens (primary N) is 1. The molecule has 0 saturated carbocycles. The molecule has 0 aliphatic heterocycles. The first-order valence-electron chi connectivity index (χ1n) is 13.6. The number of nitrogens with one attached hydrogen (secondary N) is 1. The number of esters is 1. The Bertz CT molecular complexity index is 1470. The average molecular weight is 599 g/mol. The van der Waals surface area contributed by atoms with Crippen LogP contribution in [0.3, 0.4) is 0 Å². The molecule has 0 aliphatic rings. The maximum Gasteiger partial charge on any atom is 0.417 e. The zero-order valence-corrected chi connectivity index (χ0v) is 23.8. The number of carbonyl (C=O) groups is 4. The second-order valence-electron chi connectivity index (χ2n) is 9.56. The van der Waals surface area contributed by atoms with E-state index in [1.807, 2.05) is 30.3 Å². The number of aromatic nitrogens is 1. The van der Waals surface area contributed by atoms with E-state index in [2.05, 4.69) is 4.98 Å².